The summed E-state index contributed by atoms with van der Waals surface area (Å²) in [7, 11) is -3.03. The molecule has 2 aliphatic rings. The van der Waals surface area contributed by atoms with Crippen LogP contribution in [0.15, 0.2) is 0 Å². The monoisotopic (exact) mass is 275 g/mol. The molecular weight excluding hydrogens is 250 g/mol. The van der Waals surface area contributed by atoms with Gasteiger partial charge in [0.25, 0.3) is 0 Å². The zero-order valence-electron chi connectivity index (χ0n) is 11.3. The van der Waals surface area contributed by atoms with Crippen LogP contribution < -0.4 is 5.32 Å². The predicted molar refractivity (Wildman–Crippen MR) is 73.1 cm³/mol. The molecule has 1 N–H and O–H groups in total. The van der Waals surface area contributed by atoms with Gasteiger partial charge in [-0.1, -0.05) is 6.92 Å². The zero-order valence-corrected chi connectivity index (χ0v) is 12.1. The number of nitrogens with zero attached hydrogens (tertiary/aromatic N) is 2. The van der Waals surface area contributed by atoms with Crippen LogP contribution in [0, 0.1) is 5.92 Å². The van der Waals surface area contributed by atoms with Crippen molar-refractivity contribution in [2.45, 2.75) is 19.8 Å². The third-order valence-corrected chi connectivity index (χ3v) is 5.86. The Kier molecular flexibility index (Phi) is 5.00. The Labute approximate surface area is 111 Å². The molecule has 0 saturated carbocycles. The second-order valence-corrected chi connectivity index (χ2v) is 7.58. The van der Waals surface area contributed by atoms with Crippen molar-refractivity contribution in [2.75, 3.05) is 51.6 Å². The average molecular weight is 275 g/mol. The Hall–Kier alpha value is -0.170. The van der Waals surface area contributed by atoms with Gasteiger partial charge in [0.1, 0.15) is 0 Å². The van der Waals surface area contributed by atoms with Gasteiger partial charge in [-0.05, 0) is 18.8 Å². The fourth-order valence-electron chi connectivity index (χ4n) is 2.57. The van der Waals surface area contributed by atoms with E-state index in [-0.39, 0.29) is 5.75 Å². The van der Waals surface area contributed by atoms with E-state index in [4.69, 9.17) is 0 Å². The first-order chi connectivity index (χ1) is 8.58. The van der Waals surface area contributed by atoms with Crippen LogP contribution in [-0.2, 0) is 10.0 Å². The lowest BCUT2D eigenvalue weighted by atomic mass is 10.0. The molecular formula is C12H25N3O2S. The molecule has 18 heavy (non-hydrogen) atoms. The van der Waals surface area contributed by atoms with Crippen LogP contribution in [0.1, 0.15) is 19.8 Å². The highest BCUT2D eigenvalue weighted by Crippen LogP contribution is 2.18. The van der Waals surface area contributed by atoms with E-state index < -0.39 is 10.0 Å². The lowest BCUT2D eigenvalue weighted by Crippen LogP contribution is -2.47. The van der Waals surface area contributed by atoms with Gasteiger partial charge >= 0.3 is 0 Å². The molecule has 0 amide bonds. The molecule has 2 rings (SSSR count). The Morgan fingerprint density at radius 2 is 1.72 bits per heavy atom. The molecule has 106 valence electrons. The fourth-order valence-corrected chi connectivity index (χ4v) is 4.09. The standard InChI is InChI=1S/C12H25N3O2S/c1-12-2-6-15(7-3-12)18(16,17)11-10-14-8-4-13-5-9-14/h12-13H,2-11H2,1H3. The molecule has 2 heterocycles. The maximum atomic E-state index is 12.2. The summed E-state index contributed by atoms with van der Waals surface area (Å²) in [4.78, 5) is 2.24. The van der Waals surface area contributed by atoms with Gasteiger partial charge in [0.05, 0.1) is 5.75 Å². The molecule has 0 atom stereocenters. The molecule has 0 aromatic rings. The average Bonchev–Trinajstić information content (AvgIpc) is 2.38. The van der Waals surface area contributed by atoms with E-state index in [1.165, 1.54) is 0 Å². The minimum absolute atomic E-state index is 0.279. The Balaban J connectivity index is 1.79. The Bertz CT molecular complexity index is 344. The second-order valence-electron chi connectivity index (χ2n) is 5.49. The number of sulfonamides is 1. The molecule has 2 fully saturated rings. The van der Waals surface area contributed by atoms with Gasteiger partial charge < -0.3 is 5.32 Å². The number of nitrogens with one attached hydrogen (secondary N) is 1. The number of hydrogen-bond acceptors (Lipinski definition) is 4. The van der Waals surface area contributed by atoms with Gasteiger partial charge in [0.2, 0.25) is 10.0 Å². The van der Waals surface area contributed by atoms with Crippen molar-refractivity contribution in [1.82, 2.24) is 14.5 Å². The minimum Gasteiger partial charge on any atom is -0.314 e. The van der Waals surface area contributed by atoms with Crippen LogP contribution in [0.5, 0.6) is 0 Å². The maximum Gasteiger partial charge on any atom is 0.215 e. The molecule has 0 bridgehead atoms. The van der Waals surface area contributed by atoms with Crippen LogP contribution in [0.25, 0.3) is 0 Å². The van der Waals surface area contributed by atoms with Crippen molar-refractivity contribution in [1.29, 1.82) is 0 Å². The summed E-state index contributed by atoms with van der Waals surface area (Å²) in [5, 5.41) is 3.28. The van der Waals surface area contributed by atoms with Gasteiger partial charge in [0.15, 0.2) is 0 Å². The first-order valence-electron chi connectivity index (χ1n) is 6.99. The topological polar surface area (TPSA) is 52.7 Å². The van der Waals surface area contributed by atoms with E-state index in [1.54, 1.807) is 4.31 Å². The predicted octanol–water partition coefficient (Wildman–Crippen LogP) is -0.0467. The van der Waals surface area contributed by atoms with Crippen molar-refractivity contribution in [2.24, 2.45) is 5.92 Å². The third-order valence-electron chi connectivity index (χ3n) is 4.01. The number of piperidine rings is 1. The van der Waals surface area contributed by atoms with E-state index in [1.807, 2.05) is 0 Å². The van der Waals surface area contributed by atoms with Gasteiger partial charge in [-0.3, -0.25) is 4.90 Å². The summed E-state index contributed by atoms with van der Waals surface area (Å²) >= 11 is 0. The number of piperazine rings is 1. The van der Waals surface area contributed by atoms with Crippen molar-refractivity contribution in [3.8, 4) is 0 Å². The van der Waals surface area contributed by atoms with Gasteiger partial charge in [0, 0.05) is 45.8 Å². The molecule has 0 aliphatic carbocycles. The Morgan fingerprint density at radius 1 is 1.11 bits per heavy atom. The van der Waals surface area contributed by atoms with E-state index in [0.717, 1.165) is 39.0 Å². The highest BCUT2D eigenvalue weighted by atomic mass is 32.2. The molecule has 0 unspecified atom stereocenters. The van der Waals surface area contributed by atoms with Crippen LogP contribution in [0.3, 0.4) is 0 Å². The lowest BCUT2D eigenvalue weighted by molar-refractivity contribution is 0.249. The lowest BCUT2D eigenvalue weighted by Gasteiger charge is -2.31. The largest absolute Gasteiger partial charge is 0.314 e. The molecule has 5 nitrogen and oxygen atoms in total. The van der Waals surface area contributed by atoms with Crippen LogP contribution >= 0.6 is 0 Å². The first-order valence-corrected chi connectivity index (χ1v) is 8.60. The van der Waals surface area contributed by atoms with Gasteiger partial charge in [-0.15, -0.1) is 0 Å². The fraction of sp³-hybridized carbons (Fsp3) is 1.00. The second kappa shape index (κ2) is 6.32. The molecule has 2 aliphatic heterocycles. The SMILES string of the molecule is CC1CCN(S(=O)(=O)CCN2CCNCC2)CC1. The molecule has 2 saturated heterocycles. The summed E-state index contributed by atoms with van der Waals surface area (Å²) in [6.07, 6.45) is 2.01. The van der Waals surface area contributed by atoms with Gasteiger partial charge in [-0.2, -0.15) is 0 Å². The first kappa shape index (κ1) is 14.2. The van der Waals surface area contributed by atoms with E-state index in [2.05, 4.69) is 17.1 Å². The molecule has 0 radical (unpaired) electrons. The summed E-state index contributed by atoms with van der Waals surface area (Å²) < 4.78 is 26.1. The molecule has 0 aromatic carbocycles. The van der Waals surface area contributed by atoms with Crippen LogP contribution in [0.2, 0.25) is 0 Å². The smallest absolute Gasteiger partial charge is 0.215 e. The van der Waals surface area contributed by atoms with E-state index >= 15 is 0 Å². The maximum absolute atomic E-state index is 12.2. The van der Waals surface area contributed by atoms with Gasteiger partial charge in [-0.25, -0.2) is 12.7 Å². The van der Waals surface area contributed by atoms with Crippen LogP contribution in [0.4, 0.5) is 0 Å². The zero-order chi connectivity index (χ0) is 13.0. The Morgan fingerprint density at radius 3 is 2.33 bits per heavy atom. The van der Waals surface area contributed by atoms with Crippen molar-refractivity contribution in [3.63, 3.8) is 0 Å². The van der Waals surface area contributed by atoms with Crippen molar-refractivity contribution in [3.05, 3.63) is 0 Å². The quantitative estimate of drug-likeness (QED) is 0.782. The highest BCUT2D eigenvalue weighted by molar-refractivity contribution is 7.89. The van der Waals surface area contributed by atoms with Crippen LogP contribution in [-0.4, -0.2) is 69.2 Å². The summed E-state index contributed by atoms with van der Waals surface area (Å²) in [5.74, 6) is 0.950. The molecule has 0 spiro atoms. The molecule has 6 heteroatoms. The number of hydrogen-bond donors (Lipinski definition) is 1. The van der Waals surface area contributed by atoms with Crippen molar-refractivity contribution >= 4 is 10.0 Å². The minimum atomic E-state index is -3.03. The molecule has 0 aromatic heterocycles. The third kappa shape index (κ3) is 3.91. The van der Waals surface area contributed by atoms with E-state index in [0.29, 0.717) is 25.6 Å². The number of rotatable bonds is 4. The normalized spacial score (nSPS) is 25.4. The highest BCUT2D eigenvalue weighted by Gasteiger charge is 2.26. The van der Waals surface area contributed by atoms with E-state index in [9.17, 15) is 8.42 Å². The summed E-state index contributed by atoms with van der Waals surface area (Å²) in [6.45, 7) is 8.18. The summed E-state index contributed by atoms with van der Waals surface area (Å²) in [6, 6.07) is 0. The summed E-state index contributed by atoms with van der Waals surface area (Å²) in [5.41, 5.74) is 0. The van der Waals surface area contributed by atoms with Crippen molar-refractivity contribution < 1.29 is 8.42 Å².